The summed E-state index contributed by atoms with van der Waals surface area (Å²) in [6.07, 6.45) is 2.76. The van der Waals surface area contributed by atoms with Crippen molar-refractivity contribution in [1.29, 1.82) is 0 Å². The predicted octanol–water partition coefficient (Wildman–Crippen LogP) is 3.67. The summed E-state index contributed by atoms with van der Waals surface area (Å²) >= 11 is 0. The number of halogens is 1. The minimum Gasteiger partial charge on any atom is -0.396 e. The van der Waals surface area contributed by atoms with Crippen LogP contribution in [0.15, 0.2) is 24.4 Å². The third-order valence-electron chi connectivity index (χ3n) is 3.73. The second-order valence-corrected chi connectivity index (χ2v) is 5.15. The van der Waals surface area contributed by atoms with Gasteiger partial charge >= 0.3 is 0 Å². The van der Waals surface area contributed by atoms with Gasteiger partial charge in [0, 0.05) is 11.4 Å². The SMILES string of the molecule is [C-]#[N+]c1ccc2ncc(N)c(N[C@H]3CC[C@@H](F)C3)c2c1. The molecule has 0 bridgehead atoms. The van der Waals surface area contributed by atoms with E-state index in [0.29, 0.717) is 24.2 Å². The zero-order valence-electron chi connectivity index (χ0n) is 10.9. The fraction of sp³-hybridized carbons (Fsp3) is 0.333. The van der Waals surface area contributed by atoms with Crippen LogP contribution in [0, 0.1) is 6.57 Å². The quantitative estimate of drug-likeness (QED) is 0.819. The first-order valence-electron chi connectivity index (χ1n) is 6.63. The van der Waals surface area contributed by atoms with Crippen molar-refractivity contribution in [3.63, 3.8) is 0 Å². The van der Waals surface area contributed by atoms with Crippen molar-refractivity contribution in [3.05, 3.63) is 35.8 Å². The average Bonchev–Trinajstić information content (AvgIpc) is 2.87. The van der Waals surface area contributed by atoms with E-state index < -0.39 is 6.17 Å². The summed E-state index contributed by atoms with van der Waals surface area (Å²) in [5, 5.41) is 4.15. The van der Waals surface area contributed by atoms with Crippen molar-refractivity contribution < 1.29 is 4.39 Å². The normalized spacial score (nSPS) is 21.8. The van der Waals surface area contributed by atoms with Crippen LogP contribution in [0.1, 0.15) is 19.3 Å². The maximum absolute atomic E-state index is 13.3. The first-order chi connectivity index (χ1) is 9.67. The van der Waals surface area contributed by atoms with Gasteiger partial charge in [-0.05, 0) is 31.4 Å². The van der Waals surface area contributed by atoms with Crippen LogP contribution >= 0.6 is 0 Å². The fourth-order valence-corrected chi connectivity index (χ4v) is 2.69. The third-order valence-corrected chi connectivity index (χ3v) is 3.73. The Morgan fingerprint density at radius 2 is 2.25 bits per heavy atom. The highest BCUT2D eigenvalue weighted by Gasteiger charge is 2.25. The van der Waals surface area contributed by atoms with Crippen LogP contribution in [0.3, 0.4) is 0 Å². The van der Waals surface area contributed by atoms with Gasteiger partial charge in [0.2, 0.25) is 0 Å². The van der Waals surface area contributed by atoms with E-state index in [1.54, 1.807) is 24.4 Å². The second kappa shape index (κ2) is 4.97. The number of aromatic nitrogens is 1. The molecule has 0 unspecified atom stereocenters. The number of rotatable bonds is 2. The minimum atomic E-state index is -0.736. The zero-order valence-corrected chi connectivity index (χ0v) is 10.9. The number of nitrogens with two attached hydrogens (primary N) is 1. The number of benzene rings is 1. The van der Waals surface area contributed by atoms with Gasteiger partial charge in [0.15, 0.2) is 5.69 Å². The molecular weight excluding hydrogens is 255 g/mol. The van der Waals surface area contributed by atoms with Gasteiger partial charge in [-0.2, -0.15) is 0 Å². The summed E-state index contributed by atoms with van der Waals surface area (Å²) in [6, 6.07) is 5.40. The fourth-order valence-electron chi connectivity index (χ4n) is 2.69. The molecule has 0 spiro atoms. The van der Waals surface area contributed by atoms with Gasteiger partial charge in [0.1, 0.15) is 6.17 Å². The molecule has 1 saturated carbocycles. The van der Waals surface area contributed by atoms with Crippen molar-refractivity contribution >= 4 is 28.0 Å². The molecule has 2 atom stereocenters. The van der Waals surface area contributed by atoms with Crippen molar-refractivity contribution in [2.75, 3.05) is 11.1 Å². The lowest BCUT2D eigenvalue weighted by Crippen LogP contribution is -2.17. The minimum absolute atomic E-state index is 0.0921. The molecule has 0 radical (unpaired) electrons. The molecule has 5 heteroatoms. The first kappa shape index (κ1) is 12.7. The zero-order chi connectivity index (χ0) is 14.1. The number of hydrogen-bond acceptors (Lipinski definition) is 3. The largest absolute Gasteiger partial charge is 0.396 e. The second-order valence-electron chi connectivity index (χ2n) is 5.15. The number of anilines is 2. The van der Waals surface area contributed by atoms with E-state index >= 15 is 0 Å². The van der Waals surface area contributed by atoms with E-state index in [1.165, 1.54) is 0 Å². The topological polar surface area (TPSA) is 55.3 Å². The number of fused-ring (bicyclic) bond motifs is 1. The highest BCUT2D eigenvalue weighted by atomic mass is 19.1. The lowest BCUT2D eigenvalue weighted by molar-refractivity contribution is 0.341. The molecule has 3 N–H and O–H groups in total. The molecule has 3 rings (SSSR count). The van der Waals surface area contributed by atoms with Gasteiger partial charge < -0.3 is 11.1 Å². The van der Waals surface area contributed by atoms with Crippen LogP contribution in [0.2, 0.25) is 0 Å². The number of nitrogens with zero attached hydrogens (tertiary/aromatic N) is 2. The standard InChI is InChI=1S/C15H15FN4/c1-18-10-4-5-14-12(7-10)15(13(17)8-19-14)20-11-3-2-9(16)6-11/h4-5,7-9,11H,2-3,6,17H2,(H,19,20)/t9-,11+/m1/s1. The van der Waals surface area contributed by atoms with Crippen molar-refractivity contribution in [3.8, 4) is 0 Å². The Morgan fingerprint density at radius 3 is 2.95 bits per heavy atom. The molecular formula is C15H15FN4. The highest BCUT2D eigenvalue weighted by molar-refractivity contribution is 5.98. The Morgan fingerprint density at radius 1 is 1.40 bits per heavy atom. The summed E-state index contributed by atoms with van der Waals surface area (Å²) in [7, 11) is 0. The maximum atomic E-state index is 13.3. The molecule has 1 aliphatic rings. The van der Waals surface area contributed by atoms with Gasteiger partial charge in [-0.3, -0.25) is 4.98 Å². The molecule has 1 fully saturated rings. The van der Waals surface area contributed by atoms with E-state index in [2.05, 4.69) is 15.1 Å². The van der Waals surface area contributed by atoms with Gasteiger partial charge in [-0.1, -0.05) is 6.07 Å². The molecule has 1 aromatic heterocycles. The Balaban J connectivity index is 2.03. The molecule has 1 aromatic carbocycles. The summed E-state index contributed by atoms with van der Waals surface area (Å²) in [5.41, 5.74) is 8.61. The molecule has 1 aliphatic carbocycles. The van der Waals surface area contributed by atoms with Gasteiger partial charge in [-0.25, -0.2) is 9.24 Å². The average molecular weight is 270 g/mol. The Kier molecular flexibility index (Phi) is 3.15. The lowest BCUT2D eigenvalue weighted by atomic mass is 10.1. The van der Waals surface area contributed by atoms with E-state index in [9.17, 15) is 4.39 Å². The number of nitrogens with one attached hydrogen (secondary N) is 1. The van der Waals surface area contributed by atoms with Gasteiger partial charge in [0.05, 0.1) is 29.7 Å². The number of nitrogen functional groups attached to an aromatic ring is 1. The lowest BCUT2D eigenvalue weighted by Gasteiger charge is -2.17. The summed E-state index contributed by atoms with van der Waals surface area (Å²) in [6.45, 7) is 7.10. The smallest absolute Gasteiger partial charge is 0.188 e. The molecule has 2 aromatic rings. The molecule has 0 amide bonds. The van der Waals surface area contributed by atoms with Crippen LogP contribution in [-0.2, 0) is 0 Å². The molecule has 0 aliphatic heterocycles. The van der Waals surface area contributed by atoms with E-state index in [0.717, 1.165) is 23.0 Å². The summed E-state index contributed by atoms with van der Waals surface area (Å²) in [4.78, 5) is 7.69. The molecule has 1 heterocycles. The molecule has 4 nitrogen and oxygen atoms in total. The maximum Gasteiger partial charge on any atom is 0.188 e. The molecule has 0 saturated heterocycles. The number of hydrogen-bond donors (Lipinski definition) is 2. The highest BCUT2D eigenvalue weighted by Crippen LogP contribution is 2.34. The van der Waals surface area contributed by atoms with Crippen molar-refractivity contribution in [2.24, 2.45) is 0 Å². The predicted molar refractivity (Wildman–Crippen MR) is 78.6 cm³/mol. The van der Waals surface area contributed by atoms with E-state index in [4.69, 9.17) is 12.3 Å². The molecule has 20 heavy (non-hydrogen) atoms. The van der Waals surface area contributed by atoms with E-state index in [1.807, 2.05) is 0 Å². The Labute approximate surface area is 116 Å². The number of pyridine rings is 1. The Bertz CT molecular complexity index is 692. The number of alkyl halides is 1. The van der Waals surface area contributed by atoms with Crippen LogP contribution in [0.4, 0.5) is 21.5 Å². The first-order valence-corrected chi connectivity index (χ1v) is 6.63. The summed E-state index contributed by atoms with van der Waals surface area (Å²) < 4.78 is 13.3. The van der Waals surface area contributed by atoms with Crippen molar-refractivity contribution in [1.82, 2.24) is 4.98 Å². The van der Waals surface area contributed by atoms with Gasteiger partial charge in [0.25, 0.3) is 0 Å². The van der Waals surface area contributed by atoms with Crippen LogP contribution in [0.5, 0.6) is 0 Å². The van der Waals surface area contributed by atoms with E-state index in [-0.39, 0.29) is 6.04 Å². The van der Waals surface area contributed by atoms with Crippen molar-refractivity contribution in [2.45, 2.75) is 31.5 Å². The van der Waals surface area contributed by atoms with Gasteiger partial charge in [-0.15, -0.1) is 0 Å². The Hall–Kier alpha value is -2.35. The van der Waals surface area contributed by atoms with Crippen LogP contribution in [-0.4, -0.2) is 17.2 Å². The van der Waals surface area contributed by atoms with Crippen LogP contribution in [0.25, 0.3) is 15.7 Å². The molecule has 102 valence electrons. The monoisotopic (exact) mass is 270 g/mol. The third kappa shape index (κ3) is 2.25. The summed E-state index contributed by atoms with van der Waals surface area (Å²) in [5.74, 6) is 0. The van der Waals surface area contributed by atoms with Crippen LogP contribution < -0.4 is 11.1 Å².